The number of nitrogens with one attached hydrogen (secondary N) is 1. The van der Waals surface area contributed by atoms with Gasteiger partial charge in [-0.1, -0.05) is 36.4 Å². The summed E-state index contributed by atoms with van der Waals surface area (Å²) >= 11 is 0. The number of ether oxygens (including phenoxy) is 1. The van der Waals surface area contributed by atoms with Crippen LogP contribution in [-0.2, 0) is 19.3 Å². The number of hydrogen-bond donors (Lipinski definition) is 1. The highest BCUT2D eigenvalue weighted by Gasteiger charge is 2.11. The molecule has 0 aliphatic carbocycles. The van der Waals surface area contributed by atoms with E-state index in [0.717, 1.165) is 44.7 Å². The van der Waals surface area contributed by atoms with Gasteiger partial charge >= 0.3 is 0 Å². The van der Waals surface area contributed by atoms with Crippen LogP contribution in [0.1, 0.15) is 22.3 Å². The SMILES string of the molecule is Cc1ccccc1CCNCCc1ccc2c(c1)CCO2. The van der Waals surface area contributed by atoms with Gasteiger partial charge in [-0.3, -0.25) is 0 Å². The van der Waals surface area contributed by atoms with Crippen molar-refractivity contribution in [3.63, 3.8) is 0 Å². The van der Waals surface area contributed by atoms with Crippen LogP contribution in [-0.4, -0.2) is 19.7 Å². The molecule has 1 aliphatic rings. The van der Waals surface area contributed by atoms with Crippen molar-refractivity contribution in [3.8, 4) is 5.75 Å². The predicted octanol–water partition coefficient (Wildman–Crippen LogP) is 3.30. The number of rotatable bonds is 6. The standard InChI is InChI=1S/C19H23NO/c1-15-4-2-3-5-17(15)9-12-20-11-8-16-6-7-19-18(14-16)10-13-21-19/h2-7,14,20H,8-13H2,1H3. The highest BCUT2D eigenvalue weighted by molar-refractivity contribution is 5.39. The Labute approximate surface area is 127 Å². The van der Waals surface area contributed by atoms with Crippen LogP contribution in [0.5, 0.6) is 5.75 Å². The van der Waals surface area contributed by atoms with E-state index in [4.69, 9.17) is 4.74 Å². The molecule has 2 nitrogen and oxygen atoms in total. The van der Waals surface area contributed by atoms with Crippen molar-refractivity contribution >= 4 is 0 Å². The Kier molecular flexibility index (Phi) is 4.56. The first-order valence-corrected chi connectivity index (χ1v) is 7.83. The zero-order valence-electron chi connectivity index (χ0n) is 12.7. The molecule has 2 heteroatoms. The Bertz CT molecular complexity index is 606. The molecule has 0 radical (unpaired) electrons. The van der Waals surface area contributed by atoms with Gasteiger partial charge in [0.25, 0.3) is 0 Å². The van der Waals surface area contributed by atoms with Crippen molar-refractivity contribution in [2.24, 2.45) is 0 Å². The summed E-state index contributed by atoms with van der Waals surface area (Å²) in [6.45, 7) is 5.10. The van der Waals surface area contributed by atoms with Gasteiger partial charge in [0.05, 0.1) is 6.61 Å². The van der Waals surface area contributed by atoms with E-state index in [-0.39, 0.29) is 0 Å². The molecule has 0 atom stereocenters. The Morgan fingerprint density at radius 2 is 1.90 bits per heavy atom. The van der Waals surface area contributed by atoms with Gasteiger partial charge in [0.1, 0.15) is 5.75 Å². The second kappa shape index (κ2) is 6.77. The molecule has 3 rings (SSSR count). The smallest absolute Gasteiger partial charge is 0.122 e. The molecule has 0 fully saturated rings. The van der Waals surface area contributed by atoms with Crippen LogP contribution in [0.3, 0.4) is 0 Å². The quantitative estimate of drug-likeness (QED) is 0.820. The summed E-state index contributed by atoms with van der Waals surface area (Å²) in [6.07, 6.45) is 3.25. The largest absolute Gasteiger partial charge is 0.493 e. The molecule has 2 aromatic rings. The molecule has 0 amide bonds. The minimum absolute atomic E-state index is 0.841. The molecular weight excluding hydrogens is 258 g/mol. The molecule has 110 valence electrons. The van der Waals surface area contributed by atoms with Crippen molar-refractivity contribution in [1.82, 2.24) is 5.32 Å². The van der Waals surface area contributed by atoms with Gasteiger partial charge in [0.15, 0.2) is 0 Å². The van der Waals surface area contributed by atoms with Gasteiger partial charge < -0.3 is 10.1 Å². The molecule has 2 aromatic carbocycles. The highest BCUT2D eigenvalue weighted by Crippen LogP contribution is 2.25. The Hall–Kier alpha value is -1.80. The first-order chi connectivity index (χ1) is 10.3. The number of hydrogen-bond acceptors (Lipinski definition) is 2. The molecule has 1 aliphatic heterocycles. The number of benzene rings is 2. The summed E-state index contributed by atoms with van der Waals surface area (Å²) in [5.41, 5.74) is 5.60. The monoisotopic (exact) mass is 281 g/mol. The van der Waals surface area contributed by atoms with Gasteiger partial charge in [-0.2, -0.15) is 0 Å². The van der Waals surface area contributed by atoms with Crippen molar-refractivity contribution in [2.45, 2.75) is 26.2 Å². The molecular formula is C19H23NO. The lowest BCUT2D eigenvalue weighted by Gasteiger charge is -2.08. The number of fused-ring (bicyclic) bond motifs is 1. The Morgan fingerprint density at radius 1 is 1.05 bits per heavy atom. The van der Waals surface area contributed by atoms with Crippen LogP contribution >= 0.6 is 0 Å². The van der Waals surface area contributed by atoms with Crippen LogP contribution in [0.15, 0.2) is 42.5 Å². The van der Waals surface area contributed by atoms with E-state index in [1.54, 1.807) is 0 Å². The highest BCUT2D eigenvalue weighted by atomic mass is 16.5. The summed E-state index contributed by atoms with van der Waals surface area (Å²) < 4.78 is 5.54. The Balaban J connectivity index is 1.41. The lowest BCUT2D eigenvalue weighted by Crippen LogP contribution is -2.20. The average Bonchev–Trinajstić information content (AvgIpc) is 2.96. The molecule has 21 heavy (non-hydrogen) atoms. The minimum atomic E-state index is 0.841. The maximum absolute atomic E-state index is 5.54. The molecule has 0 spiro atoms. The zero-order chi connectivity index (χ0) is 14.5. The number of aryl methyl sites for hydroxylation is 1. The van der Waals surface area contributed by atoms with Crippen LogP contribution < -0.4 is 10.1 Å². The third-order valence-corrected chi connectivity index (χ3v) is 4.18. The summed E-state index contributed by atoms with van der Waals surface area (Å²) in [5.74, 6) is 1.08. The van der Waals surface area contributed by atoms with E-state index in [1.165, 1.54) is 22.3 Å². The molecule has 1 N–H and O–H groups in total. The normalized spacial score (nSPS) is 13.0. The third kappa shape index (κ3) is 3.64. The fourth-order valence-corrected chi connectivity index (χ4v) is 2.87. The van der Waals surface area contributed by atoms with Gasteiger partial charge in [0, 0.05) is 6.42 Å². The van der Waals surface area contributed by atoms with E-state index in [2.05, 4.69) is 54.7 Å². The lowest BCUT2D eigenvalue weighted by atomic mass is 10.1. The van der Waals surface area contributed by atoms with Crippen LogP contribution in [0.2, 0.25) is 0 Å². The maximum atomic E-state index is 5.54. The molecule has 0 aromatic heterocycles. The van der Waals surface area contributed by atoms with E-state index in [9.17, 15) is 0 Å². The van der Waals surface area contributed by atoms with Crippen molar-refractivity contribution < 1.29 is 4.74 Å². The second-order valence-electron chi connectivity index (χ2n) is 5.72. The molecule has 0 bridgehead atoms. The molecule has 0 saturated heterocycles. The topological polar surface area (TPSA) is 21.3 Å². The molecule has 1 heterocycles. The summed E-state index contributed by atoms with van der Waals surface area (Å²) in [4.78, 5) is 0. The van der Waals surface area contributed by atoms with E-state index in [1.807, 2.05) is 0 Å². The fraction of sp³-hybridized carbons (Fsp3) is 0.368. The van der Waals surface area contributed by atoms with Gasteiger partial charge in [-0.05, 0) is 61.2 Å². The summed E-state index contributed by atoms with van der Waals surface area (Å²) in [6, 6.07) is 15.2. The second-order valence-corrected chi connectivity index (χ2v) is 5.72. The lowest BCUT2D eigenvalue weighted by molar-refractivity contribution is 0.357. The fourth-order valence-electron chi connectivity index (χ4n) is 2.87. The van der Waals surface area contributed by atoms with E-state index < -0.39 is 0 Å². The maximum Gasteiger partial charge on any atom is 0.122 e. The molecule has 0 saturated carbocycles. The Morgan fingerprint density at radius 3 is 2.81 bits per heavy atom. The predicted molar refractivity (Wildman–Crippen MR) is 87.1 cm³/mol. The minimum Gasteiger partial charge on any atom is -0.493 e. The van der Waals surface area contributed by atoms with Crippen LogP contribution in [0.4, 0.5) is 0 Å². The zero-order valence-corrected chi connectivity index (χ0v) is 12.7. The summed E-state index contributed by atoms with van der Waals surface area (Å²) in [7, 11) is 0. The third-order valence-electron chi connectivity index (χ3n) is 4.18. The summed E-state index contributed by atoms with van der Waals surface area (Å²) in [5, 5.41) is 3.55. The van der Waals surface area contributed by atoms with Crippen LogP contribution in [0, 0.1) is 6.92 Å². The van der Waals surface area contributed by atoms with E-state index >= 15 is 0 Å². The van der Waals surface area contributed by atoms with Gasteiger partial charge in [-0.25, -0.2) is 0 Å². The first-order valence-electron chi connectivity index (χ1n) is 7.83. The van der Waals surface area contributed by atoms with Crippen molar-refractivity contribution in [3.05, 3.63) is 64.7 Å². The average molecular weight is 281 g/mol. The van der Waals surface area contributed by atoms with Crippen LogP contribution in [0.25, 0.3) is 0 Å². The van der Waals surface area contributed by atoms with Gasteiger partial charge in [0.2, 0.25) is 0 Å². The van der Waals surface area contributed by atoms with E-state index in [0.29, 0.717) is 0 Å². The van der Waals surface area contributed by atoms with Crippen molar-refractivity contribution in [1.29, 1.82) is 0 Å². The molecule has 0 unspecified atom stereocenters. The first kappa shape index (κ1) is 14.2. The van der Waals surface area contributed by atoms with Crippen molar-refractivity contribution in [2.75, 3.05) is 19.7 Å². The van der Waals surface area contributed by atoms with Gasteiger partial charge in [-0.15, -0.1) is 0 Å².